The van der Waals surface area contributed by atoms with Gasteiger partial charge in [0.15, 0.2) is 33.8 Å². The molecule has 6 atom stereocenters. The average molecular weight is 523 g/mol. The van der Waals surface area contributed by atoms with Crippen molar-refractivity contribution in [1.29, 1.82) is 0 Å². The summed E-state index contributed by atoms with van der Waals surface area (Å²) in [5.41, 5.74) is 1.53. The fourth-order valence-corrected chi connectivity index (χ4v) is 5.31. The summed E-state index contributed by atoms with van der Waals surface area (Å²) in [6.07, 6.45) is -1.04. The Labute approximate surface area is 210 Å². The van der Waals surface area contributed by atoms with Gasteiger partial charge >= 0.3 is 0 Å². The number of anilines is 1. The fourth-order valence-electron chi connectivity index (χ4n) is 4.61. The van der Waals surface area contributed by atoms with Gasteiger partial charge in [0.2, 0.25) is 0 Å². The number of benzene rings is 1. The van der Waals surface area contributed by atoms with E-state index in [0.29, 0.717) is 27.7 Å². The zero-order valence-electron chi connectivity index (χ0n) is 19.6. The zero-order valence-corrected chi connectivity index (χ0v) is 20.4. The molecule has 3 aromatic rings. The van der Waals surface area contributed by atoms with E-state index in [0.717, 1.165) is 24.7 Å². The standard InChI is InChI=1S/C23H28F2N6O4S/c1-2-7-36-23-27-21(26-15-9-12(15)11-3-4-13(24)14(25)8-11)18-22(28-23)31(30-29-18)16-10-17(35-6-5-32)20(34)19(16)33/h3-4,8,12,15-17,19-20,32-34H,2,5-7,9-10H2,1H3,(H,26,27,28)/t12-,15+,16-,17+,19+,20-/m0/s1. The molecule has 2 aliphatic rings. The molecule has 36 heavy (non-hydrogen) atoms. The topological polar surface area (TPSA) is 138 Å². The van der Waals surface area contributed by atoms with E-state index in [9.17, 15) is 19.0 Å². The van der Waals surface area contributed by atoms with Crippen molar-refractivity contribution in [3.05, 3.63) is 35.4 Å². The molecule has 1 aromatic carbocycles. The third-order valence-electron chi connectivity index (χ3n) is 6.56. The molecule has 2 fully saturated rings. The van der Waals surface area contributed by atoms with E-state index < -0.39 is 36.0 Å². The Kier molecular flexibility index (Phi) is 7.35. The number of thioether (sulfide) groups is 1. The van der Waals surface area contributed by atoms with E-state index in [4.69, 9.17) is 9.84 Å². The highest BCUT2D eigenvalue weighted by atomic mass is 32.2. The first-order chi connectivity index (χ1) is 17.4. The second-order valence-corrected chi connectivity index (χ2v) is 10.2. The molecule has 194 valence electrons. The van der Waals surface area contributed by atoms with Gasteiger partial charge < -0.3 is 25.4 Å². The number of nitrogens with one attached hydrogen (secondary N) is 1. The van der Waals surface area contributed by atoms with Crippen molar-refractivity contribution in [1.82, 2.24) is 25.0 Å². The number of rotatable bonds is 10. The largest absolute Gasteiger partial charge is 0.394 e. The Bertz CT molecular complexity index is 1230. The summed E-state index contributed by atoms with van der Waals surface area (Å²) in [4.78, 5) is 9.27. The molecule has 2 aromatic heterocycles. The van der Waals surface area contributed by atoms with Gasteiger partial charge in [0.25, 0.3) is 0 Å². The quantitative estimate of drug-likeness (QED) is 0.231. The lowest BCUT2D eigenvalue weighted by molar-refractivity contribution is -0.0629. The monoisotopic (exact) mass is 522 g/mol. The number of nitrogens with zero attached hydrogens (tertiary/aromatic N) is 5. The number of hydrogen-bond donors (Lipinski definition) is 4. The maximum Gasteiger partial charge on any atom is 0.191 e. The molecule has 10 nitrogen and oxygen atoms in total. The van der Waals surface area contributed by atoms with Crippen LogP contribution in [0.2, 0.25) is 0 Å². The minimum absolute atomic E-state index is 0.00291. The minimum Gasteiger partial charge on any atom is -0.394 e. The number of ether oxygens (including phenoxy) is 1. The van der Waals surface area contributed by atoms with Crippen LogP contribution in [0.4, 0.5) is 14.6 Å². The molecule has 5 rings (SSSR count). The predicted octanol–water partition coefficient (Wildman–Crippen LogP) is 2.01. The Morgan fingerprint density at radius 3 is 2.75 bits per heavy atom. The van der Waals surface area contributed by atoms with Gasteiger partial charge in [0, 0.05) is 24.1 Å². The zero-order chi connectivity index (χ0) is 25.4. The van der Waals surface area contributed by atoms with Crippen molar-refractivity contribution >= 4 is 28.7 Å². The highest BCUT2D eigenvalue weighted by Crippen LogP contribution is 2.44. The summed E-state index contributed by atoms with van der Waals surface area (Å²) in [6, 6.07) is 3.26. The number of aromatic nitrogens is 5. The van der Waals surface area contributed by atoms with Gasteiger partial charge in [-0.25, -0.2) is 23.4 Å². The highest BCUT2D eigenvalue weighted by molar-refractivity contribution is 7.99. The van der Waals surface area contributed by atoms with Gasteiger partial charge in [0.1, 0.15) is 12.2 Å². The summed E-state index contributed by atoms with van der Waals surface area (Å²) in [7, 11) is 0. The van der Waals surface area contributed by atoms with E-state index in [-0.39, 0.29) is 31.6 Å². The molecule has 0 unspecified atom stereocenters. The van der Waals surface area contributed by atoms with Crippen LogP contribution in [0.15, 0.2) is 23.4 Å². The third kappa shape index (κ3) is 4.90. The second kappa shape index (κ2) is 10.5. The first-order valence-corrected chi connectivity index (χ1v) is 13.0. The van der Waals surface area contributed by atoms with Gasteiger partial charge in [-0.3, -0.25) is 0 Å². The number of halogens is 2. The predicted molar refractivity (Wildman–Crippen MR) is 128 cm³/mol. The van der Waals surface area contributed by atoms with Gasteiger partial charge in [-0.2, -0.15) is 0 Å². The van der Waals surface area contributed by atoms with E-state index in [1.54, 1.807) is 6.07 Å². The molecule has 0 amide bonds. The van der Waals surface area contributed by atoms with Crippen LogP contribution >= 0.6 is 11.8 Å². The fraction of sp³-hybridized carbons (Fsp3) is 0.565. The first kappa shape index (κ1) is 25.2. The van der Waals surface area contributed by atoms with Crippen molar-refractivity contribution in [2.75, 3.05) is 24.3 Å². The molecular weight excluding hydrogens is 494 g/mol. The van der Waals surface area contributed by atoms with Crippen LogP contribution in [0.25, 0.3) is 11.2 Å². The van der Waals surface area contributed by atoms with Gasteiger partial charge in [-0.1, -0.05) is 30.0 Å². The summed E-state index contributed by atoms with van der Waals surface area (Å²) >= 11 is 1.48. The van der Waals surface area contributed by atoms with Crippen LogP contribution in [0.5, 0.6) is 0 Å². The maximum atomic E-state index is 13.7. The van der Waals surface area contributed by atoms with Crippen molar-refractivity contribution in [3.63, 3.8) is 0 Å². The Morgan fingerprint density at radius 2 is 2.00 bits per heavy atom. The van der Waals surface area contributed by atoms with Crippen molar-refractivity contribution in [2.45, 2.75) is 67.7 Å². The molecule has 13 heteroatoms. The summed E-state index contributed by atoms with van der Waals surface area (Å²) < 4.78 is 34.0. The average Bonchev–Trinajstić information content (AvgIpc) is 3.41. The van der Waals surface area contributed by atoms with Crippen LogP contribution in [-0.4, -0.2) is 83.6 Å². The highest BCUT2D eigenvalue weighted by Gasteiger charge is 2.45. The van der Waals surface area contributed by atoms with Crippen LogP contribution < -0.4 is 5.32 Å². The molecule has 0 radical (unpaired) electrons. The molecule has 4 N–H and O–H groups in total. The lowest BCUT2D eigenvalue weighted by Gasteiger charge is -2.17. The Morgan fingerprint density at radius 1 is 1.17 bits per heavy atom. The molecule has 2 saturated carbocycles. The van der Waals surface area contributed by atoms with Crippen LogP contribution in [0.3, 0.4) is 0 Å². The Balaban J connectivity index is 1.43. The van der Waals surface area contributed by atoms with Gasteiger partial charge in [0.05, 0.1) is 25.4 Å². The lowest BCUT2D eigenvalue weighted by atomic mass is 10.1. The molecule has 0 aliphatic heterocycles. The molecule has 0 spiro atoms. The van der Waals surface area contributed by atoms with E-state index in [1.807, 2.05) is 0 Å². The van der Waals surface area contributed by atoms with E-state index in [1.165, 1.54) is 22.5 Å². The molecule has 0 saturated heterocycles. The summed E-state index contributed by atoms with van der Waals surface area (Å²) in [5, 5.41) is 42.5. The summed E-state index contributed by atoms with van der Waals surface area (Å²) in [5.74, 6) is -0.472. The number of hydrogen-bond acceptors (Lipinski definition) is 10. The van der Waals surface area contributed by atoms with E-state index >= 15 is 0 Å². The molecule has 2 heterocycles. The smallest absolute Gasteiger partial charge is 0.191 e. The number of fused-ring (bicyclic) bond motifs is 1. The minimum atomic E-state index is -1.15. The number of aliphatic hydroxyl groups excluding tert-OH is 3. The SMILES string of the molecule is CCCSc1nc(N[C@@H]2C[C@H]2c2ccc(F)c(F)c2)c2nnn([C@H]3C[C@@H](OCCO)[C@H](O)[C@@H]3O)c2n1. The van der Waals surface area contributed by atoms with Crippen molar-refractivity contribution in [3.8, 4) is 0 Å². The van der Waals surface area contributed by atoms with Crippen molar-refractivity contribution < 1.29 is 28.8 Å². The van der Waals surface area contributed by atoms with Crippen LogP contribution in [0, 0.1) is 11.6 Å². The van der Waals surface area contributed by atoms with Crippen LogP contribution in [0.1, 0.15) is 43.7 Å². The maximum absolute atomic E-state index is 13.7. The Hall–Kier alpha value is -2.45. The van der Waals surface area contributed by atoms with Crippen molar-refractivity contribution in [2.24, 2.45) is 0 Å². The van der Waals surface area contributed by atoms with Gasteiger partial charge in [-0.15, -0.1) is 5.10 Å². The van der Waals surface area contributed by atoms with Crippen LogP contribution in [-0.2, 0) is 4.74 Å². The van der Waals surface area contributed by atoms with Gasteiger partial charge in [-0.05, 0) is 30.5 Å². The first-order valence-electron chi connectivity index (χ1n) is 12.0. The molecule has 0 bridgehead atoms. The normalized spacial score (nSPS) is 27.6. The lowest BCUT2D eigenvalue weighted by Crippen LogP contribution is -2.33. The third-order valence-corrected chi connectivity index (χ3v) is 7.61. The number of aliphatic hydroxyl groups is 3. The summed E-state index contributed by atoms with van der Waals surface area (Å²) in [6.45, 7) is 1.91. The van der Waals surface area contributed by atoms with E-state index in [2.05, 4.69) is 32.5 Å². The molecule has 2 aliphatic carbocycles. The molecular formula is C23H28F2N6O4S. The second-order valence-electron chi connectivity index (χ2n) is 9.09.